The molecule has 0 bridgehead atoms. The van der Waals surface area contributed by atoms with Crippen LogP contribution in [0.25, 0.3) is 0 Å². The number of carboxylic acids is 1. The van der Waals surface area contributed by atoms with Gasteiger partial charge in [-0.25, -0.2) is 4.79 Å². The van der Waals surface area contributed by atoms with Crippen molar-refractivity contribution in [2.45, 2.75) is 84.5 Å². The second kappa shape index (κ2) is 10.9. The van der Waals surface area contributed by atoms with Crippen LogP contribution in [0.3, 0.4) is 0 Å². The van der Waals surface area contributed by atoms with Gasteiger partial charge in [0.2, 0.25) is 5.91 Å². The number of carbonyl (C=O) groups is 3. The number of methoxy groups -OCH3 is 1. The van der Waals surface area contributed by atoms with Crippen LogP contribution in [0.15, 0.2) is 30.3 Å². The molecule has 0 spiro atoms. The number of aliphatic carboxylic acids is 1. The average molecular weight is 474 g/mol. The average Bonchev–Trinajstić information content (AvgIpc) is 3.07. The van der Waals surface area contributed by atoms with Gasteiger partial charge in [-0.1, -0.05) is 51.1 Å². The highest BCUT2D eigenvalue weighted by Gasteiger charge is 2.58. The van der Waals surface area contributed by atoms with Crippen molar-refractivity contribution in [2.24, 2.45) is 22.7 Å². The Labute approximate surface area is 202 Å². The number of carbonyl (C=O) groups excluding carboxylic acids is 2. The number of ether oxygens (including phenoxy) is 2. The van der Waals surface area contributed by atoms with E-state index in [-0.39, 0.29) is 17.9 Å². The summed E-state index contributed by atoms with van der Waals surface area (Å²) < 4.78 is 11.1. The Morgan fingerprint density at radius 2 is 1.71 bits per heavy atom. The summed E-state index contributed by atoms with van der Waals surface area (Å²) in [6.07, 6.45) is 5.33. The molecule has 3 rings (SSSR count). The van der Waals surface area contributed by atoms with Gasteiger partial charge in [-0.3, -0.25) is 9.59 Å². The van der Waals surface area contributed by atoms with Gasteiger partial charge in [0.05, 0.1) is 31.2 Å². The van der Waals surface area contributed by atoms with Crippen molar-refractivity contribution in [3.63, 3.8) is 0 Å². The predicted octanol–water partition coefficient (Wildman–Crippen LogP) is 4.34. The SMILES string of the molecule is COC(=O)[C@H](CC1CCC(OCc2ccccc2)CC1)NC(=O)[C@]1(C)CC[C@H](C(=O)O)C1(C)C. The predicted molar refractivity (Wildman–Crippen MR) is 128 cm³/mol. The number of benzene rings is 1. The monoisotopic (exact) mass is 473 g/mol. The number of nitrogens with one attached hydrogen (secondary N) is 1. The van der Waals surface area contributed by atoms with E-state index < -0.39 is 34.7 Å². The Hall–Kier alpha value is -2.41. The van der Waals surface area contributed by atoms with E-state index in [4.69, 9.17) is 9.47 Å². The molecule has 34 heavy (non-hydrogen) atoms. The molecule has 0 radical (unpaired) electrons. The molecule has 3 atom stereocenters. The van der Waals surface area contributed by atoms with Gasteiger partial charge >= 0.3 is 11.9 Å². The number of rotatable bonds is 9. The summed E-state index contributed by atoms with van der Waals surface area (Å²) in [5, 5.41) is 12.5. The van der Waals surface area contributed by atoms with Crippen molar-refractivity contribution >= 4 is 17.8 Å². The molecule has 2 fully saturated rings. The molecule has 0 aromatic heterocycles. The summed E-state index contributed by atoms with van der Waals surface area (Å²) in [4.78, 5) is 37.6. The van der Waals surface area contributed by atoms with E-state index in [2.05, 4.69) is 17.4 Å². The summed E-state index contributed by atoms with van der Waals surface area (Å²) in [5.41, 5.74) is -0.435. The van der Waals surface area contributed by atoms with E-state index in [9.17, 15) is 19.5 Å². The lowest BCUT2D eigenvalue weighted by atomic mass is 9.65. The highest BCUT2D eigenvalue weighted by atomic mass is 16.5. The minimum absolute atomic E-state index is 0.203. The first kappa shape index (κ1) is 26.2. The molecule has 188 valence electrons. The molecule has 0 aliphatic heterocycles. The summed E-state index contributed by atoms with van der Waals surface area (Å²) in [7, 11) is 1.33. The largest absolute Gasteiger partial charge is 0.481 e. The fraction of sp³-hybridized carbons (Fsp3) is 0.667. The highest BCUT2D eigenvalue weighted by molar-refractivity contribution is 5.89. The van der Waals surface area contributed by atoms with Crippen LogP contribution in [0.4, 0.5) is 0 Å². The molecule has 2 aliphatic carbocycles. The molecule has 1 aromatic carbocycles. The Kier molecular flexibility index (Phi) is 8.39. The fourth-order valence-corrected chi connectivity index (χ4v) is 5.67. The fourth-order valence-electron chi connectivity index (χ4n) is 5.67. The normalized spacial score (nSPS) is 29.2. The first-order valence-corrected chi connectivity index (χ1v) is 12.4. The Bertz CT molecular complexity index is 861. The smallest absolute Gasteiger partial charge is 0.328 e. The van der Waals surface area contributed by atoms with Crippen LogP contribution in [-0.2, 0) is 30.5 Å². The van der Waals surface area contributed by atoms with Crippen LogP contribution < -0.4 is 5.32 Å². The first-order valence-electron chi connectivity index (χ1n) is 12.4. The van der Waals surface area contributed by atoms with Crippen molar-refractivity contribution in [2.75, 3.05) is 7.11 Å². The molecule has 0 heterocycles. The van der Waals surface area contributed by atoms with Crippen molar-refractivity contribution < 1.29 is 29.0 Å². The summed E-state index contributed by atoms with van der Waals surface area (Å²) in [5.74, 6) is -1.90. The van der Waals surface area contributed by atoms with Gasteiger partial charge in [-0.2, -0.15) is 0 Å². The molecule has 2 aliphatic rings. The standard InChI is InChI=1S/C27H39NO6/c1-26(2)21(23(29)30)14-15-27(26,3)25(32)28-22(24(31)33-4)16-18-10-12-20(13-11-18)34-17-19-8-6-5-7-9-19/h5-9,18,20-22H,10-17H2,1-4H3,(H,28,32)(H,29,30)/t18?,20?,21-,22+,27+/m1/s1. The van der Waals surface area contributed by atoms with E-state index >= 15 is 0 Å². The molecular weight excluding hydrogens is 434 g/mol. The van der Waals surface area contributed by atoms with Crippen LogP contribution in [0.5, 0.6) is 0 Å². The van der Waals surface area contributed by atoms with Crippen LogP contribution in [0.1, 0.15) is 71.3 Å². The number of hydrogen-bond acceptors (Lipinski definition) is 5. The lowest BCUT2D eigenvalue weighted by molar-refractivity contribution is -0.152. The van der Waals surface area contributed by atoms with Gasteiger partial charge in [0.25, 0.3) is 0 Å². The quantitative estimate of drug-likeness (QED) is 0.518. The van der Waals surface area contributed by atoms with E-state index in [0.29, 0.717) is 25.9 Å². The maximum atomic E-state index is 13.4. The molecule has 0 saturated heterocycles. The van der Waals surface area contributed by atoms with Crippen LogP contribution >= 0.6 is 0 Å². The van der Waals surface area contributed by atoms with Crippen LogP contribution in [-0.4, -0.2) is 42.2 Å². The number of carboxylic acid groups (broad SMARTS) is 1. The minimum Gasteiger partial charge on any atom is -0.481 e. The summed E-state index contributed by atoms with van der Waals surface area (Å²) in [6.45, 7) is 6.09. The van der Waals surface area contributed by atoms with Crippen LogP contribution in [0.2, 0.25) is 0 Å². The van der Waals surface area contributed by atoms with Gasteiger partial charge in [-0.15, -0.1) is 0 Å². The molecule has 1 amide bonds. The zero-order chi connectivity index (χ0) is 24.9. The van der Waals surface area contributed by atoms with E-state index in [1.165, 1.54) is 7.11 Å². The first-order chi connectivity index (χ1) is 16.1. The lowest BCUT2D eigenvalue weighted by Crippen LogP contribution is -2.53. The second-order valence-electron chi connectivity index (χ2n) is 10.7. The van der Waals surface area contributed by atoms with Gasteiger partial charge < -0.3 is 19.9 Å². The van der Waals surface area contributed by atoms with E-state index in [0.717, 1.165) is 31.2 Å². The van der Waals surface area contributed by atoms with Crippen molar-refractivity contribution in [3.05, 3.63) is 35.9 Å². The third-order valence-electron chi connectivity index (χ3n) is 8.51. The highest BCUT2D eigenvalue weighted by Crippen LogP contribution is 2.56. The van der Waals surface area contributed by atoms with Crippen LogP contribution in [0, 0.1) is 22.7 Å². The Morgan fingerprint density at radius 1 is 1.06 bits per heavy atom. The van der Waals surface area contributed by atoms with Gasteiger partial charge in [-0.05, 0) is 61.8 Å². The number of hydrogen-bond donors (Lipinski definition) is 2. The number of amides is 1. The zero-order valence-electron chi connectivity index (χ0n) is 20.8. The molecule has 2 saturated carbocycles. The maximum Gasteiger partial charge on any atom is 0.328 e. The molecular formula is C27H39NO6. The summed E-state index contributed by atoms with van der Waals surface area (Å²) >= 11 is 0. The third kappa shape index (κ3) is 5.62. The zero-order valence-corrected chi connectivity index (χ0v) is 20.8. The second-order valence-corrected chi connectivity index (χ2v) is 10.7. The third-order valence-corrected chi connectivity index (χ3v) is 8.51. The van der Waals surface area contributed by atoms with E-state index in [1.807, 2.05) is 39.0 Å². The van der Waals surface area contributed by atoms with Crippen molar-refractivity contribution in [3.8, 4) is 0 Å². The minimum atomic E-state index is -0.878. The molecule has 7 heteroatoms. The molecule has 2 N–H and O–H groups in total. The molecule has 1 aromatic rings. The topological polar surface area (TPSA) is 102 Å². The molecule has 7 nitrogen and oxygen atoms in total. The summed E-state index contributed by atoms with van der Waals surface area (Å²) in [6, 6.07) is 9.38. The van der Waals surface area contributed by atoms with Gasteiger partial charge in [0.1, 0.15) is 6.04 Å². The lowest BCUT2D eigenvalue weighted by Gasteiger charge is -2.40. The van der Waals surface area contributed by atoms with Gasteiger partial charge in [0, 0.05) is 0 Å². The molecule has 0 unspecified atom stereocenters. The maximum absolute atomic E-state index is 13.4. The van der Waals surface area contributed by atoms with Crippen molar-refractivity contribution in [1.82, 2.24) is 5.32 Å². The van der Waals surface area contributed by atoms with Crippen molar-refractivity contribution in [1.29, 1.82) is 0 Å². The van der Waals surface area contributed by atoms with E-state index in [1.54, 1.807) is 0 Å². The number of esters is 1. The Balaban J connectivity index is 1.56. The van der Waals surface area contributed by atoms with Gasteiger partial charge in [0.15, 0.2) is 0 Å². The Morgan fingerprint density at radius 3 is 2.26 bits per heavy atom.